The van der Waals surface area contributed by atoms with Gasteiger partial charge in [-0.25, -0.2) is 0 Å². The summed E-state index contributed by atoms with van der Waals surface area (Å²) < 4.78 is 0. The molecule has 0 aromatic heterocycles. The van der Waals surface area contributed by atoms with Gasteiger partial charge < -0.3 is 0 Å². The molecule has 2 unspecified atom stereocenters. The van der Waals surface area contributed by atoms with Crippen molar-refractivity contribution in [3.05, 3.63) is 4.91 Å². The summed E-state index contributed by atoms with van der Waals surface area (Å²) in [6, 6.07) is 0.0914. The predicted molar refractivity (Wildman–Crippen MR) is 50.9 cm³/mol. The fourth-order valence-corrected chi connectivity index (χ4v) is 2.27. The summed E-state index contributed by atoms with van der Waals surface area (Å²) in [5.41, 5.74) is 0. The van der Waals surface area contributed by atoms with Crippen LogP contribution in [0.4, 0.5) is 0 Å². The van der Waals surface area contributed by atoms with E-state index in [9.17, 15) is 4.91 Å². The molecular weight excluding hydrogens is 150 g/mol. The molecule has 70 valence electrons. The average molecular weight is 169 g/mol. The zero-order chi connectivity index (χ0) is 9.14. The van der Waals surface area contributed by atoms with Crippen LogP contribution < -0.4 is 0 Å². The standard InChI is InChI=1S/C10H19NO/c1-7(2)9-5-4-8(3)6-10(9)11-12/h7-10H,4-6H2,1-3H3/t8?,9-,10?/m0/s1. The highest BCUT2D eigenvalue weighted by Gasteiger charge is 2.31. The molecule has 0 aliphatic heterocycles. The van der Waals surface area contributed by atoms with Crippen LogP contribution in [-0.4, -0.2) is 6.04 Å². The van der Waals surface area contributed by atoms with Gasteiger partial charge in [0.05, 0.1) is 6.04 Å². The van der Waals surface area contributed by atoms with E-state index in [1.54, 1.807) is 0 Å². The van der Waals surface area contributed by atoms with Crippen molar-refractivity contribution in [3.63, 3.8) is 0 Å². The summed E-state index contributed by atoms with van der Waals surface area (Å²) in [5.74, 6) is 1.85. The highest BCUT2D eigenvalue weighted by molar-refractivity contribution is 4.84. The van der Waals surface area contributed by atoms with Crippen LogP contribution in [0.25, 0.3) is 0 Å². The van der Waals surface area contributed by atoms with Crippen LogP contribution >= 0.6 is 0 Å². The molecule has 0 saturated heterocycles. The molecule has 1 saturated carbocycles. The van der Waals surface area contributed by atoms with Gasteiger partial charge in [0.25, 0.3) is 0 Å². The maximum Gasteiger partial charge on any atom is 0.0952 e. The highest BCUT2D eigenvalue weighted by Crippen LogP contribution is 2.34. The van der Waals surface area contributed by atoms with Gasteiger partial charge in [-0.3, -0.25) is 0 Å². The first kappa shape index (κ1) is 9.69. The predicted octanol–water partition coefficient (Wildman–Crippen LogP) is 3.21. The van der Waals surface area contributed by atoms with E-state index < -0.39 is 0 Å². The van der Waals surface area contributed by atoms with E-state index in [4.69, 9.17) is 0 Å². The van der Waals surface area contributed by atoms with E-state index in [0.717, 1.165) is 6.42 Å². The molecule has 0 spiro atoms. The second-order valence-electron chi connectivity index (χ2n) is 4.50. The van der Waals surface area contributed by atoms with Gasteiger partial charge in [-0.15, -0.1) is 0 Å². The Kier molecular flexibility index (Phi) is 3.24. The minimum absolute atomic E-state index is 0.0914. The fraction of sp³-hybridized carbons (Fsp3) is 1.00. The summed E-state index contributed by atoms with van der Waals surface area (Å²) in [6.07, 6.45) is 3.47. The molecule has 0 aromatic rings. The topological polar surface area (TPSA) is 29.4 Å². The van der Waals surface area contributed by atoms with Crippen LogP contribution in [0, 0.1) is 22.7 Å². The largest absolute Gasteiger partial charge is 0.151 e. The maximum absolute atomic E-state index is 10.6. The van der Waals surface area contributed by atoms with Crippen molar-refractivity contribution in [3.8, 4) is 0 Å². The molecule has 0 aromatic carbocycles. The summed E-state index contributed by atoms with van der Waals surface area (Å²) >= 11 is 0. The Morgan fingerprint density at radius 3 is 2.50 bits per heavy atom. The second-order valence-corrected chi connectivity index (χ2v) is 4.50. The number of hydrogen-bond acceptors (Lipinski definition) is 2. The first-order valence-corrected chi connectivity index (χ1v) is 4.97. The summed E-state index contributed by atoms with van der Waals surface area (Å²) in [5, 5.41) is 3.25. The van der Waals surface area contributed by atoms with Crippen LogP contribution in [-0.2, 0) is 0 Å². The molecule has 0 amide bonds. The second kappa shape index (κ2) is 4.01. The third-order valence-corrected chi connectivity index (χ3v) is 3.12. The lowest BCUT2D eigenvalue weighted by atomic mass is 9.74. The molecule has 3 atom stereocenters. The Bertz CT molecular complexity index is 156. The van der Waals surface area contributed by atoms with Crippen molar-refractivity contribution in [2.75, 3.05) is 0 Å². The van der Waals surface area contributed by atoms with Gasteiger partial charge in [0.15, 0.2) is 0 Å². The molecule has 1 rings (SSSR count). The van der Waals surface area contributed by atoms with E-state index in [-0.39, 0.29) is 6.04 Å². The third-order valence-electron chi connectivity index (χ3n) is 3.12. The molecule has 1 fully saturated rings. The number of nitroso groups, excluding NO2 is 1. The van der Waals surface area contributed by atoms with Crippen LogP contribution in [0.3, 0.4) is 0 Å². The molecule has 0 bridgehead atoms. The van der Waals surface area contributed by atoms with E-state index in [1.807, 2.05) is 0 Å². The quantitative estimate of drug-likeness (QED) is 0.583. The van der Waals surface area contributed by atoms with Gasteiger partial charge in [-0.1, -0.05) is 32.4 Å². The van der Waals surface area contributed by atoms with Gasteiger partial charge in [0, 0.05) is 0 Å². The van der Waals surface area contributed by atoms with E-state index in [1.165, 1.54) is 12.8 Å². The smallest absolute Gasteiger partial charge is 0.0952 e. The van der Waals surface area contributed by atoms with Gasteiger partial charge >= 0.3 is 0 Å². The van der Waals surface area contributed by atoms with Crippen molar-refractivity contribution in [2.45, 2.75) is 46.1 Å². The van der Waals surface area contributed by atoms with E-state index >= 15 is 0 Å². The van der Waals surface area contributed by atoms with E-state index in [0.29, 0.717) is 17.8 Å². The molecule has 12 heavy (non-hydrogen) atoms. The van der Waals surface area contributed by atoms with Gasteiger partial charge in [0.2, 0.25) is 0 Å². The Hall–Kier alpha value is -0.400. The minimum Gasteiger partial charge on any atom is -0.151 e. The van der Waals surface area contributed by atoms with Crippen molar-refractivity contribution in [1.82, 2.24) is 0 Å². The molecule has 0 N–H and O–H groups in total. The lowest BCUT2D eigenvalue weighted by Gasteiger charge is -2.32. The Labute approximate surface area is 74.7 Å². The van der Waals surface area contributed by atoms with Crippen molar-refractivity contribution in [2.24, 2.45) is 22.9 Å². The molecular formula is C10H19NO. The number of rotatable bonds is 2. The number of hydrogen-bond donors (Lipinski definition) is 0. The third kappa shape index (κ3) is 2.05. The molecule has 2 heteroatoms. The van der Waals surface area contributed by atoms with E-state index in [2.05, 4.69) is 25.9 Å². The van der Waals surface area contributed by atoms with Crippen molar-refractivity contribution < 1.29 is 0 Å². The van der Waals surface area contributed by atoms with Crippen molar-refractivity contribution in [1.29, 1.82) is 0 Å². The Balaban J connectivity index is 2.56. The Morgan fingerprint density at radius 1 is 1.33 bits per heavy atom. The zero-order valence-corrected chi connectivity index (χ0v) is 8.29. The molecule has 0 heterocycles. The molecule has 2 nitrogen and oxygen atoms in total. The lowest BCUT2D eigenvalue weighted by molar-refractivity contribution is 0.200. The van der Waals surface area contributed by atoms with Gasteiger partial charge in [-0.05, 0) is 30.6 Å². The summed E-state index contributed by atoms with van der Waals surface area (Å²) in [4.78, 5) is 10.6. The summed E-state index contributed by atoms with van der Waals surface area (Å²) in [7, 11) is 0. The molecule has 1 aliphatic rings. The normalized spacial score (nSPS) is 36.8. The van der Waals surface area contributed by atoms with Crippen LogP contribution in [0.2, 0.25) is 0 Å². The number of nitrogens with zero attached hydrogens (tertiary/aromatic N) is 1. The molecule has 0 radical (unpaired) electrons. The van der Waals surface area contributed by atoms with Crippen LogP contribution in [0.5, 0.6) is 0 Å². The average Bonchev–Trinajstić information content (AvgIpc) is 2.03. The van der Waals surface area contributed by atoms with Crippen molar-refractivity contribution >= 4 is 0 Å². The fourth-order valence-electron chi connectivity index (χ4n) is 2.27. The summed E-state index contributed by atoms with van der Waals surface area (Å²) in [6.45, 7) is 6.60. The molecule has 1 aliphatic carbocycles. The van der Waals surface area contributed by atoms with Gasteiger partial charge in [-0.2, -0.15) is 4.91 Å². The SMILES string of the molecule is CC1CC[C@@H](C(C)C)C(N=O)C1. The lowest BCUT2D eigenvalue weighted by Crippen LogP contribution is -2.30. The van der Waals surface area contributed by atoms with Crippen LogP contribution in [0.1, 0.15) is 40.0 Å². The van der Waals surface area contributed by atoms with Gasteiger partial charge in [0.1, 0.15) is 0 Å². The maximum atomic E-state index is 10.6. The highest BCUT2D eigenvalue weighted by atomic mass is 16.3. The minimum atomic E-state index is 0.0914. The Morgan fingerprint density at radius 2 is 2.00 bits per heavy atom. The first-order chi connectivity index (χ1) is 5.65. The monoisotopic (exact) mass is 169 g/mol. The zero-order valence-electron chi connectivity index (χ0n) is 8.29. The van der Waals surface area contributed by atoms with Crippen LogP contribution in [0.15, 0.2) is 5.18 Å². The first-order valence-electron chi connectivity index (χ1n) is 4.97.